The van der Waals surface area contributed by atoms with E-state index >= 15 is 0 Å². The number of anilines is 1. The van der Waals surface area contributed by atoms with Crippen LogP contribution in [0.5, 0.6) is 0 Å². The van der Waals surface area contributed by atoms with Crippen LogP contribution in [0.1, 0.15) is 18.1 Å². The lowest BCUT2D eigenvalue weighted by molar-refractivity contribution is -0.120. The van der Waals surface area contributed by atoms with Crippen molar-refractivity contribution in [3.8, 4) is 0 Å². The van der Waals surface area contributed by atoms with Crippen molar-refractivity contribution in [3.05, 3.63) is 65.5 Å². The quantitative estimate of drug-likeness (QED) is 0.919. The standard InChI is InChI=1S/C17H17FN2O/c1-12-17(21)20(11-13-6-8-15(18)9-7-13)16-5-3-2-4-14(16)10-19-12/h2-9,12,19H,10-11H2,1H3. The molecule has 1 aliphatic heterocycles. The Morgan fingerprint density at radius 2 is 1.90 bits per heavy atom. The monoisotopic (exact) mass is 284 g/mol. The summed E-state index contributed by atoms with van der Waals surface area (Å²) < 4.78 is 13.0. The first-order valence-electron chi connectivity index (χ1n) is 7.02. The molecule has 4 heteroatoms. The zero-order valence-corrected chi connectivity index (χ0v) is 11.8. The molecule has 0 saturated heterocycles. The second-order valence-corrected chi connectivity index (χ2v) is 5.28. The average molecular weight is 284 g/mol. The average Bonchev–Trinajstić information content (AvgIpc) is 2.62. The van der Waals surface area contributed by atoms with E-state index in [2.05, 4.69) is 5.32 Å². The van der Waals surface area contributed by atoms with Crippen LogP contribution in [0.4, 0.5) is 10.1 Å². The summed E-state index contributed by atoms with van der Waals surface area (Å²) in [6.45, 7) is 2.98. The first-order valence-corrected chi connectivity index (χ1v) is 7.02. The molecule has 3 rings (SSSR count). The highest BCUT2D eigenvalue weighted by Crippen LogP contribution is 2.25. The molecule has 1 heterocycles. The number of rotatable bonds is 2. The minimum atomic E-state index is -0.267. The summed E-state index contributed by atoms with van der Waals surface area (Å²) in [5.41, 5.74) is 2.93. The molecule has 0 saturated carbocycles. The number of halogens is 1. The summed E-state index contributed by atoms with van der Waals surface area (Å²) in [5, 5.41) is 3.22. The van der Waals surface area contributed by atoms with Gasteiger partial charge in [-0.05, 0) is 36.2 Å². The molecule has 0 bridgehead atoms. The molecule has 1 amide bonds. The minimum Gasteiger partial charge on any atom is -0.306 e. The van der Waals surface area contributed by atoms with Crippen LogP contribution in [0.2, 0.25) is 0 Å². The minimum absolute atomic E-state index is 0.0317. The Morgan fingerprint density at radius 3 is 2.67 bits per heavy atom. The Labute approximate surface area is 123 Å². The molecule has 0 aromatic heterocycles. The van der Waals surface area contributed by atoms with Gasteiger partial charge in [-0.1, -0.05) is 30.3 Å². The number of benzene rings is 2. The van der Waals surface area contributed by atoms with Gasteiger partial charge < -0.3 is 10.2 Å². The van der Waals surface area contributed by atoms with Crippen molar-refractivity contribution in [3.63, 3.8) is 0 Å². The molecule has 0 spiro atoms. The number of carbonyl (C=O) groups is 1. The van der Waals surface area contributed by atoms with Crippen LogP contribution in [-0.4, -0.2) is 11.9 Å². The predicted molar refractivity (Wildman–Crippen MR) is 80.3 cm³/mol. The second-order valence-electron chi connectivity index (χ2n) is 5.28. The third-order valence-corrected chi connectivity index (χ3v) is 3.77. The number of hydrogen-bond acceptors (Lipinski definition) is 2. The molecule has 0 radical (unpaired) electrons. The summed E-state index contributed by atoms with van der Waals surface area (Å²) in [5.74, 6) is -0.236. The van der Waals surface area contributed by atoms with Gasteiger partial charge in [0, 0.05) is 12.2 Å². The first-order chi connectivity index (χ1) is 10.1. The molecule has 21 heavy (non-hydrogen) atoms. The Bertz CT molecular complexity index is 654. The second kappa shape index (κ2) is 5.66. The van der Waals surface area contributed by atoms with E-state index in [1.165, 1.54) is 12.1 Å². The van der Waals surface area contributed by atoms with Crippen molar-refractivity contribution < 1.29 is 9.18 Å². The highest BCUT2D eigenvalue weighted by molar-refractivity contribution is 5.98. The molecule has 0 aliphatic carbocycles. The van der Waals surface area contributed by atoms with Crippen LogP contribution in [-0.2, 0) is 17.9 Å². The van der Waals surface area contributed by atoms with Gasteiger partial charge in [0.2, 0.25) is 5.91 Å². The van der Waals surface area contributed by atoms with Gasteiger partial charge >= 0.3 is 0 Å². The number of fused-ring (bicyclic) bond motifs is 1. The van der Waals surface area contributed by atoms with Crippen LogP contribution >= 0.6 is 0 Å². The summed E-state index contributed by atoms with van der Waals surface area (Å²) in [6.07, 6.45) is 0. The number of nitrogens with zero attached hydrogens (tertiary/aromatic N) is 1. The van der Waals surface area contributed by atoms with Crippen LogP contribution in [0.3, 0.4) is 0 Å². The number of amides is 1. The number of para-hydroxylation sites is 1. The fourth-order valence-electron chi connectivity index (χ4n) is 2.56. The zero-order chi connectivity index (χ0) is 14.8. The van der Waals surface area contributed by atoms with Gasteiger partial charge in [0.1, 0.15) is 5.82 Å². The van der Waals surface area contributed by atoms with Gasteiger partial charge in [-0.2, -0.15) is 0 Å². The summed E-state index contributed by atoms with van der Waals surface area (Å²) in [7, 11) is 0. The van der Waals surface area contributed by atoms with E-state index < -0.39 is 0 Å². The topological polar surface area (TPSA) is 32.3 Å². The third kappa shape index (κ3) is 2.81. The molecule has 1 unspecified atom stereocenters. The van der Waals surface area contributed by atoms with E-state index in [1.807, 2.05) is 31.2 Å². The number of carbonyl (C=O) groups excluding carboxylic acids is 1. The van der Waals surface area contributed by atoms with Crippen molar-refractivity contribution in [2.45, 2.75) is 26.1 Å². The summed E-state index contributed by atoms with van der Waals surface area (Å²) in [4.78, 5) is 14.3. The first kappa shape index (κ1) is 13.8. The highest BCUT2D eigenvalue weighted by Gasteiger charge is 2.26. The van der Waals surface area contributed by atoms with Crippen LogP contribution in [0.25, 0.3) is 0 Å². The Kier molecular flexibility index (Phi) is 3.71. The van der Waals surface area contributed by atoms with Crippen molar-refractivity contribution in [2.75, 3.05) is 4.90 Å². The molecule has 1 atom stereocenters. The smallest absolute Gasteiger partial charge is 0.244 e. The zero-order valence-electron chi connectivity index (χ0n) is 11.8. The Hall–Kier alpha value is -2.20. The SMILES string of the molecule is CC1NCc2ccccc2N(Cc2ccc(F)cc2)C1=O. The van der Waals surface area contributed by atoms with Crippen molar-refractivity contribution in [1.82, 2.24) is 5.32 Å². The molecule has 1 aliphatic rings. The van der Waals surface area contributed by atoms with Gasteiger partial charge in [0.15, 0.2) is 0 Å². The maximum atomic E-state index is 13.0. The van der Waals surface area contributed by atoms with Gasteiger partial charge in [-0.3, -0.25) is 4.79 Å². The van der Waals surface area contributed by atoms with Crippen molar-refractivity contribution in [1.29, 1.82) is 0 Å². The normalized spacial score (nSPS) is 18.3. The number of hydrogen-bond donors (Lipinski definition) is 1. The van der Waals surface area contributed by atoms with E-state index in [4.69, 9.17) is 0 Å². The number of nitrogens with one attached hydrogen (secondary N) is 1. The Morgan fingerprint density at radius 1 is 1.19 bits per heavy atom. The predicted octanol–water partition coefficient (Wildman–Crippen LogP) is 2.85. The maximum absolute atomic E-state index is 13.0. The molecule has 1 N–H and O–H groups in total. The van der Waals surface area contributed by atoms with Gasteiger partial charge in [0.05, 0.1) is 12.6 Å². The molecule has 0 fully saturated rings. The van der Waals surface area contributed by atoms with E-state index in [1.54, 1.807) is 17.0 Å². The lowest BCUT2D eigenvalue weighted by Gasteiger charge is -2.24. The third-order valence-electron chi connectivity index (χ3n) is 3.77. The lowest BCUT2D eigenvalue weighted by atomic mass is 10.1. The van der Waals surface area contributed by atoms with Crippen molar-refractivity contribution >= 4 is 11.6 Å². The van der Waals surface area contributed by atoms with Gasteiger partial charge in [-0.15, -0.1) is 0 Å². The van der Waals surface area contributed by atoms with Crippen LogP contribution < -0.4 is 10.2 Å². The molecular weight excluding hydrogens is 267 g/mol. The van der Waals surface area contributed by atoms with E-state index in [0.717, 1.165) is 16.8 Å². The van der Waals surface area contributed by atoms with Crippen LogP contribution in [0.15, 0.2) is 48.5 Å². The molecule has 2 aromatic rings. The molecule has 3 nitrogen and oxygen atoms in total. The largest absolute Gasteiger partial charge is 0.306 e. The molecular formula is C17H17FN2O. The van der Waals surface area contributed by atoms with Crippen LogP contribution in [0, 0.1) is 5.82 Å². The Balaban J connectivity index is 1.97. The van der Waals surface area contributed by atoms with E-state index in [0.29, 0.717) is 13.1 Å². The fraction of sp³-hybridized carbons (Fsp3) is 0.235. The fourth-order valence-corrected chi connectivity index (χ4v) is 2.56. The lowest BCUT2D eigenvalue weighted by Crippen LogP contribution is -2.42. The van der Waals surface area contributed by atoms with E-state index in [-0.39, 0.29) is 17.8 Å². The molecule has 108 valence electrons. The summed E-state index contributed by atoms with van der Waals surface area (Å²) >= 11 is 0. The summed E-state index contributed by atoms with van der Waals surface area (Å²) in [6, 6.07) is 13.9. The van der Waals surface area contributed by atoms with Crippen molar-refractivity contribution in [2.24, 2.45) is 0 Å². The van der Waals surface area contributed by atoms with Gasteiger partial charge in [0.25, 0.3) is 0 Å². The van der Waals surface area contributed by atoms with Gasteiger partial charge in [-0.25, -0.2) is 4.39 Å². The van der Waals surface area contributed by atoms with E-state index in [9.17, 15) is 9.18 Å². The molecule has 2 aromatic carbocycles. The highest BCUT2D eigenvalue weighted by atomic mass is 19.1. The maximum Gasteiger partial charge on any atom is 0.244 e.